The molecular formula is C22H17Cl2N3O3S. The highest BCUT2D eigenvalue weighted by molar-refractivity contribution is 7.14. The predicted octanol–water partition coefficient (Wildman–Crippen LogP) is 5.51. The van der Waals surface area contributed by atoms with Crippen molar-refractivity contribution in [3.63, 3.8) is 0 Å². The van der Waals surface area contributed by atoms with E-state index >= 15 is 0 Å². The summed E-state index contributed by atoms with van der Waals surface area (Å²) < 4.78 is 5.65. The lowest BCUT2D eigenvalue weighted by Gasteiger charge is -2.30. The number of likely N-dealkylation sites (N-methyl/N-ethyl adjacent to an activating group) is 1. The van der Waals surface area contributed by atoms with Crippen LogP contribution in [0.1, 0.15) is 12.5 Å². The number of aromatic nitrogens is 1. The summed E-state index contributed by atoms with van der Waals surface area (Å²) in [5.74, 6) is 0.210. The van der Waals surface area contributed by atoms with Crippen LogP contribution in [0.2, 0.25) is 10.0 Å². The van der Waals surface area contributed by atoms with Gasteiger partial charge in [0.15, 0.2) is 11.2 Å². The molecule has 1 aromatic heterocycles. The highest BCUT2D eigenvalue weighted by Crippen LogP contribution is 2.37. The average Bonchev–Trinajstić information content (AvgIpc) is 3.19. The predicted molar refractivity (Wildman–Crippen MR) is 125 cm³/mol. The van der Waals surface area contributed by atoms with Crippen LogP contribution < -0.4 is 15.0 Å². The van der Waals surface area contributed by atoms with E-state index in [1.165, 1.54) is 17.4 Å². The van der Waals surface area contributed by atoms with Crippen molar-refractivity contribution in [1.82, 2.24) is 4.98 Å². The summed E-state index contributed by atoms with van der Waals surface area (Å²) in [6.45, 7) is 1.72. The number of anilines is 2. The third kappa shape index (κ3) is 4.58. The number of ether oxygens (including phenoxy) is 1. The van der Waals surface area contributed by atoms with Crippen molar-refractivity contribution < 1.29 is 14.3 Å². The zero-order valence-corrected chi connectivity index (χ0v) is 18.9. The molecule has 1 aliphatic heterocycles. The van der Waals surface area contributed by atoms with Crippen LogP contribution in [-0.4, -0.2) is 29.9 Å². The van der Waals surface area contributed by atoms with E-state index in [1.54, 1.807) is 43.1 Å². The zero-order valence-electron chi connectivity index (χ0n) is 16.6. The van der Waals surface area contributed by atoms with E-state index in [2.05, 4.69) is 10.3 Å². The third-order valence-corrected chi connectivity index (χ3v) is 6.03. The molecule has 2 heterocycles. The minimum absolute atomic E-state index is 0.108. The smallest absolute Gasteiger partial charge is 0.267 e. The molecule has 0 bridgehead atoms. The molecular weight excluding hydrogens is 457 g/mol. The molecule has 0 aliphatic carbocycles. The highest BCUT2D eigenvalue weighted by Gasteiger charge is 2.29. The van der Waals surface area contributed by atoms with Crippen LogP contribution >= 0.6 is 34.5 Å². The number of rotatable bonds is 4. The first-order chi connectivity index (χ1) is 14.8. The van der Waals surface area contributed by atoms with Gasteiger partial charge in [-0.05, 0) is 48.9 Å². The number of hydrogen-bond acceptors (Lipinski definition) is 5. The van der Waals surface area contributed by atoms with Gasteiger partial charge in [0.25, 0.3) is 5.91 Å². The molecule has 0 spiro atoms. The largest absolute Gasteiger partial charge is 0.479 e. The Balaban J connectivity index is 1.48. The number of thiazole rings is 1. The fraction of sp³-hybridized carbons (Fsp3) is 0.136. The summed E-state index contributed by atoms with van der Waals surface area (Å²) in [7, 11) is 1.72. The lowest BCUT2D eigenvalue weighted by atomic mass is 10.1. The molecule has 4 rings (SSSR count). The van der Waals surface area contributed by atoms with E-state index in [-0.39, 0.29) is 11.8 Å². The van der Waals surface area contributed by atoms with Gasteiger partial charge in [-0.2, -0.15) is 0 Å². The van der Waals surface area contributed by atoms with Crippen LogP contribution in [0.5, 0.6) is 5.75 Å². The Bertz CT molecular complexity index is 1210. The molecule has 2 aromatic carbocycles. The second kappa shape index (κ2) is 8.70. The molecule has 1 N–H and O–H groups in total. The van der Waals surface area contributed by atoms with E-state index in [4.69, 9.17) is 27.9 Å². The van der Waals surface area contributed by atoms with Gasteiger partial charge in [0.1, 0.15) is 5.75 Å². The van der Waals surface area contributed by atoms with Gasteiger partial charge in [-0.15, -0.1) is 11.3 Å². The first-order valence-corrected chi connectivity index (χ1v) is 10.9. The van der Waals surface area contributed by atoms with E-state index in [0.29, 0.717) is 37.9 Å². The van der Waals surface area contributed by atoms with Crippen molar-refractivity contribution in [2.24, 2.45) is 0 Å². The van der Waals surface area contributed by atoms with Gasteiger partial charge in [-0.1, -0.05) is 29.3 Å². The minimum Gasteiger partial charge on any atom is -0.479 e. The van der Waals surface area contributed by atoms with Gasteiger partial charge in [-0.25, -0.2) is 4.98 Å². The number of benzene rings is 2. The third-order valence-electron chi connectivity index (χ3n) is 4.71. The minimum atomic E-state index is -0.514. The van der Waals surface area contributed by atoms with Crippen LogP contribution in [0, 0.1) is 0 Å². The maximum absolute atomic E-state index is 12.3. The Labute approximate surface area is 193 Å². The van der Waals surface area contributed by atoms with Crippen molar-refractivity contribution in [3.8, 4) is 17.0 Å². The number of nitrogens with zero attached hydrogens (tertiary/aromatic N) is 2. The molecule has 1 unspecified atom stereocenters. The van der Waals surface area contributed by atoms with Crippen molar-refractivity contribution in [2.75, 3.05) is 17.3 Å². The molecule has 0 radical (unpaired) electrons. The zero-order chi connectivity index (χ0) is 22.1. The lowest BCUT2D eigenvalue weighted by Crippen LogP contribution is -2.41. The molecule has 0 saturated heterocycles. The summed E-state index contributed by atoms with van der Waals surface area (Å²) in [6, 6.07) is 10.6. The Morgan fingerprint density at radius 2 is 2.06 bits per heavy atom. The van der Waals surface area contributed by atoms with Gasteiger partial charge in [0.05, 0.1) is 11.4 Å². The Kier molecular flexibility index (Phi) is 6.00. The number of nitrogens with one attached hydrogen (secondary N) is 1. The fourth-order valence-corrected chi connectivity index (χ4v) is 4.28. The second-order valence-electron chi connectivity index (χ2n) is 6.87. The van der Waals surface area contributed by atoms with E-state index < -0.39 is 6.10 Å². The van der Waals surface area contributed by atoms with Gasteiger partial charge in [0.2, 0.25) is 5.91 Å². The summed E-state index contributed by atoms with van der Waals surface area (Å²) >= 11 is 13.3. The lowest BCUT2D eigenvalue weighted by molar-refractivity contribution is -0.125. The first-order valence-electron chi connectivity index (χ1n) is 9.30. The number of amides is 2. The van der Waals surface area contributed by atoms with Gasteiger partial charge < -0.3 is 9.64 Å². The maximum Gasteiger partial charge on any atom is 0.267 e. The van der Waals surface area contributed by atoms with E-state index in [9.17, 15) is 9.59 Å². The molecule has 6 nitrogen and oxygen atoms in total. The molecule has 3 aromatic rings. The van der Waals surface area contributed by atoms with Crippen LogP contribution in [0.25, 0.3) is 17.3 Å². The summed E-state index contributed by atoms with van der Waals surface area (Å²) in [6.07, 6.45) is 2.48. The fourth-order valence-electron chi connectivity index (χ4n) is 3.08. The Hall–Kier alpha value is -2.87. The number of fused-ring (bicyclic) bond motifs is 1. The standard InChI is InChI=1S/C22H17Cl2N3O3S/c1-12-21(29)27(2)18-9-14(4-7-19(18)30-12)17-11-31-22(25-17)26-20(28)8-5-13-3-6-15(23)10-16(13)24/h3-12H,1-2H3,(H,25,26,28)/b8-5+. The summed E-state index contributed by atoms with van der Waals surface area (Å²) in [5.41, 5.74) is 2.87. The normalized spacial score (nSPS) is 15.7. The molecule has 1 aliphatic rings. The molecule has 31 heavy (non-hydrogen) atoms. The van der Waals surface area contributed by atoms with E-state index in [1.807, 2.05) is 23.6 Å². The van der Waals surface area contributed by atoms with Crippen molar-refractivity contribution in [3.05, 3.63) is 63.5 Å². The average molecular weight is 474 g/mol. The summed E-state index contributed by atoms with van der Waals surface area (Å²) in [4.78, 5) is 30.5. The summed E-state index contributed by atoms with van der Waals surface area (Å²) in [5, 5.41) is 6.03. The Morgan fingerprint density at radius 3 is 2.84 bits per heavy atom. The van der Waals surface area contributed by atoms with Crippen LogP contribution in [0.15, 0.2) is 47.9 Å². The molecule has 158 valence electrons. The molecule has 0 fully saturated rings. The van der Waals surface area contributed by atoms with Gasteiger partial charge >= 0.3 is 0 Å². The van der Waals surface area contributed by atoms with Crippen molar-refractivity contribution in [1.29, 1.82) is 0 Å². The number of hydrogen-bond donors (Lipinski definition) is 1. The SMILES string of the molecule is CC1Oc2ccc(-c3csc(NC(=O)/C=C/c4ccc(Cl)cc4Cl)n3)cc2N(C)C1=O. The molecule has 0 saturated carbocycles. The van der Waals surface area contributed by atoms with Crippen LogP contribution in [-0.2, 0) is 9.59 Å². The number of carbonyl (C=O) groups is 2. The number of halogens is 2. The first kappa shape index (κ1) is 21.4. The van der Waals surface area contributed by atoms with Crippen LogP contribution in [0.3, 0.4) is 0 Å². The van der Waals surface area contributed by atoms with Gasteiger partial charge in [0, 0.05) is 34.1 Å². The Morgan fingerprint density at radius 1 is 1.26 bits per heavy atom. The van der Waals surface area contributed by atoms with Gasteiger partial charge in [-0.3, -0.25) is 14.9 Å². The molecule has 9 heteroatoms. The molecule has 2 amide bonds. The van der Waals surface area contributed by atoms with E-state index in [0.717, 1.165) is 5.56 Å². The molecule has 1 atom stereocenters. The maximum atomic E-state index is 12.3. The van der Waals surface area contributed by atoms with Crippen molar-refractivity contribution in [2.45, 2.75) is 13.0 Å². The van der Waals surface area contributed by atoms with Crippen LogP contribution in [0.4, 0.5) is 10.8 Å². The van der Waals surface area contributed by atoms with Crippen molar-refractivity contribution >= 4 is 63.2 Å². The highest BCUT2D eigenvalue weighted by atomic mass is 35.5. The topological polar surface area (TPSA) is 71.5 Å². The second-order valence-corrected chi connectivity index (χ2v) is 8.57. The monoisotopic (exact) mass is 473 g/mol. The quantitative estimate of drug-likeness (QED) is 0.506. The number of carbonyl (C=O) groups excluding carboxylic acids is 2.